The van der Waals surface area contributed by atoms with Crippen LogP contribution in [0.1, 0.15) is 43.7 Å². The molecule has 3 fully saturated rings. The van der Waals surface area contributed by atoms with E-state index in [2.05, 4.69) is 20.9 Å². The van der Waals surface area contributed by atoms with Crippen LogP contribution in [-0.4, -0.2) is 33.8 Å². The van der Waals surface area contributed by atoms with E-state index in [1.807, 2.05) is 36.4 Å². The summed E-state index contributed by atoms with van der Waals surface area (Å²) in [5.41, 5.74) is 1.68. The Balaban J connectivity index is 1.53. The van der Waals surface area contributed by atoms with Gasteiger partial charge in [-0.15, -0.1) is 0 Å². The first-order valence-electron chi connectivity index (χ1n) is 10.1. The number of carbonyl (C=O) groups is 2. The molecule has 0 radical (unpaired) electrons. The van der Waals surface area contributed by atoms with Gasteiger partial charge in [0.05, 0.1) is 11.7 Å². The first-order chi connectivity index (χ1) is 14.1. The number of hydrogen-bond acceptors (Lipinski definition) is 5. The molecule has 29 heavy (non-hydrogen) atoms. The number of imide groups is 1. The van der Waals surface area contributed by atoms with Crippen LogP contribution in [0, 0.1) is 5.92 Å². The van der Waals surface area contributed by atoms with Gasteiger partial charge in [-0.3, -0.25) is 24.3 Å². The van der Waals surface area contributed by atoms with Crippen LogP contribution in [0.4, 0.5) is 5.69 Å². The molecule has 2 aromatic rings. The molecule has 0 N–H and O–H groups in total. The number of fused-ring (bicyclic) bond motifs is 1. The van der Waals surface area contributed by atoms with Gasteiger partial charge in [0.15, 0.2) is 6.10 Å². The van der Waals surface area contributed by atoms with Crippen molar-refractivity contribution in [1.29, 1.82) is 0 Å². The Bertz CT molecular complexity index is 915. The summed E-state index contributed by atoms with van der Waals surface area (Å²) in [6.45, 7) is 0. The number of hydroxylamine groups is 1. The first-order valence-corrected chi connectivity index (χ1v) is 10.9. The van der Waals surface area contributed by atoms with Crippen molar-refractivity contribution in [3.05, 3.63) is 58.8 Å². The second-order valence-electron chi connectivity index (χ2n) is 7.92. The third kappa shape index (κ3) is 3.16. The average Bonchev–Trinajstić information content (AvgIpc) is 3.26. The molecule has 5 rings (SSSR count). The van der Waals surface area contributed by atoms with Crippen LogP contribution >= 0.6 is 15.9 Å². The van der Waals surface area contributed by atoms with Gasteiger partial charge in [-0.2, -0.15) is 0 Å². The summed E-state index contributed by atoms with van der Waals surface area (Å²) in [6.07, 6.45) is 7.77. The van der Waals surface area contributed by atoms with E-state index in [1.54, 1.807) is 17.5 Å². The van der Waals surface area contributed by atoms with Crippen molar-refractivity contribution >= 4 is 33.4 Å². The van der Waals surface area contributed by atoms with Crippen LogP contribution in [0.5, 0.6) is 0 Å². The van der Waals surface area contributed by atoms with Gasteiger partial charge < -0.3 is 0 Å². The van der Waals surface area contributed by atoms with Gasteiger partial charge >= 0.3 is 0 Å². The first kappa shape index (κ1) is 18.8. The third-order valence-corrected chi connectivity index (χ3v) is 6.73. The Morgan fingerprint density at radius 1 is 1.00 bits per heavy atom. The molecule has 0 unspecified atom stereocenters. The Kier molecular flexibility index (Phi) is 4.87. The summed E-state index contributed by atoms with van der Waals surface area (Å²) in [5.74, 6) is -0.863. The van der Waals surface area contributed by atoms with Crippen molar-refractivity contribution in [2.75, 3.05) is 5.06 Å². The molecule has 0 bridgehead atoms. The van der Waals surface area contributed by atoms with E-state index < -0.39 is 12.0 Å². The maximum atomic E-state index is 13.5. The summed E-state index contributed by atoms with van der Waals surface area (Å²) < 4.78 is 0.953. The van der Waals surface area contributed by atoms with Gasteiger partial charge in [-0.05, 0) is 48.7 Å². The van der Waals surface area contributed by atoms with Gasteiger partial charge in [0, 0.05) is 22.9 Å². The number of aromatic nitrogens is 1. The van der Waals surface area contributed by atoms with Gasteiger partial charge in [-0.25, -0.2) is 5.06 Å². The molecule has 6 nitrogen and oxygen atoms in total. The zero-order valence-corrected chi connectivity index (χ0v) is 17.5. The van der Waals surface area contributed by atoms with E-state index in [9.17, 15) is 9.59 Å². The normalized spacial score (nSPS) is 27.6. The number of hydrogen-bond donors (Lipinski definition) is 0. The minimum absolute atomic E-state index is 0.00799. The van der Waals surface area contributed by atoms with Crippen molar-refractivity contribution in [2.45, 2.75) is 50.3 Å². The smallest absolute Gasteiger partial charge is 0.262 e. The molecular formula is C22H22BrN3O3. The van der Waals surface area contributed by atoms with E-state index in [-0.39, 0.29) is 23.9 Å². The van der Waals surface area contributed by atoms with E-state index in [1.165, 1.54) is 11.3 Å². The Hall–Kier alpha value is -2.25. The lowest BCUT2D eigenvalue weighted by atomic mass is 9.91. The largest absolute Gasteiger partial charge is 0.277 e. The number of nitrogens with zero attached hydrogens (tertiary/aromatic N) is 3. The van der Waals surface area contributed by atoms with Crippen LogP contribution < -0.4 is 5.06 Å². The zero-order chi connectivity index (χ0) is 20.0. The van der Waals surface area contributed by atoms with Crippen LogP contribution in [0.15, 0.2) is 53.3 Å². The Labute approximate surface area is 177 Å². The molecule has 1 aromatic carbocycles. The van der Waals surface area contributed by atoms with Crippen LogP contribution in [-0.2, 0) is 14.4 Å². The number of amides is 2. The molecule has 1 saturated carbocycles. The van der Waals surface area contributed by atoms with Crippen molar-refractivity contribution in [1.82, 2.24) is 9.88 Å². The number of rotatable bonds is 3. The van der Waals surface area contributed by atoms with E-state index in [0.717, 1.165) is 41.4 Å². The lowest BCUT2D eigenvalue weighted by Crippen LogP contribution is -2.44. The zero-order valence-electron chi connectivity index (χ0n) is 15.9. The van der Waals surface area contributed by atoms with E-state index in [4.69, 9.17) is 4.84 Å². The molecule has 3 aliphatic rings. The van der Waals surface area contributed by atoms with E-state index in [0.29, 0.717) is 0 Å². The molecule has 7 heteroatoms. The highest BCUT2D eigenvalue weighted by atomic mass is 79.9. The maximum absolute atomic E-state index is 13.5. The monoisotopic (exact) mass is 455 g/mol. The number of carbonyl (C=O) groups excluding carboxylic acids is 2. The van der Waals surface area contributed by atoms with Crippen molar-refractivity contribution in [2.24, 2.45) is 5.92 Å². The van der Waals surface area contributed by atoms with Crippen LogP contribution in [0.3, 0.4) is 0 Å². The molecule has 2 saturated heterocycles. The lowest BCUT2D eigenvalue weighted by Gasteiger charge is -2.33. The average molecular weight is 456 g/mol. The summed E-state index contributed by atoms with van der Waals surface area (Å²) in [4.78, 5) is 38.6. The number of benzene rings is 1. The molecule has 3 heterocycles. The number of halogens is 1. The molecule has 1 aromatic heterocycles. The van der Waals surface area contributed by atoms with Crippen LogP contribution in [0.2, 0.25) is 0 Å². The highest BCUT2D eigenvalue weighted by Crippen LogP contribution is 2.47. The summed E-state index contributed by atoms with van der Waals surface area (Å²) in [7, 11) is 0. The standard InChI is InChI=1S/C22H22BrN3O3/c23-15-8-10-17(11-9-15)26-19(14-5-4-12-24-13-14)18-20(29-26)22(28)25(21(18)27)16-6-2-1-3-7-16/h4-5,8-13,16,18-20H,1-3,6-7H2/t18-,19-,20+/m1/s1. The fourth-order valence-corrected chi connectivity index (χ4v) is 5.10. The Morgan fingerprint density at radius 2 is 1.76 bits per heavy atom. The molecule has 150 valence electrons. The minimum Gasteiger partial charge on any atom is -0.277 e. The molecule has 2 aliphatic heterocycles. The summed E-state index contributed by atoms with van der Waals surface area (Å²) in [6, 6.07) is 11.1. The van der Waals surface area contributed by atoms with Gasteiger partial charge in [0.25, 0.3) is 5.91 Å². The van der Waals surface area contributed by atoms with Crippen molar-refractivity contribution < 1.29 is 14.4 Å². The van der Waals surface area contributed by atoms with Gasteiger partial charge in [0.1, 0.15) is 5.92 Å². The Morgan fingerprint density at radius 3 is 2.45 bits per heavy atom. The second kappa shape index (κ2) is 7.54. The molecule has 3 atom stereocenters. The molecule has 0 spiro atoms. The predicted octanol–water partition coefficient (Wildman–Crippen LogP) is 4.02. The van der Waals surface area contributed by atoms with Gasteiger partial charge in [-0.1, -0.05) is 41.3 Å². The number of anilines is 1. The second-order valence-corrected chi connectivity index (χ2v) is 8.84. The summed E-state index contributed by atoms with van der Waals surface area (Å²) >= 11 is 3.45. The minimum atomic E-state index is -0.779. The topological polar surface area (TPSA) is 62.7 Å². The van der Waals surface area contributed by atoms with Crippen molar-refractivity contribution in [3.8, 4) is 0 Å². The fourth-order valence-electron chi connectivity index (χ4n) is 4.84. The van der Waals surface area contributed by atoms with Crippen LogP contribution in [0.25, 0.3) is 0 Å². The number of likely N-dealkylation sites (tertiary alicyclic amines) is 1. The van der Waals surface area contributed by atoms with Crippen molar-refractivity contribution in [3.63, 3.8) is 0 Å². The molecule has 2 amide bonds. The summed E-state index contributed by atoms with van der Waals surface area (Å²) in [5, 5.41) is 1.72. The molecular weight excluding hydrogens is 434 g/mol. The predicted molar refractivity (Wildman–Crippen MR) is 111 cm³/mol. The van der Waals surface area contributed by atoms with E-state index >= 15 is 0 Å². The fraction of sp³-hybridized carbons (Fsp3) is 0.409. The van der Waals surface area contributed by atoms with Gasteiger partial charge in [0.2, 0.25) is 5.91 Å². The SMILES string of the molecule is O=C1[C@H]2[C@H](ON(c3ccc(Br)cc3)[C@@H]2c2cccnc2)C(=O)N1C1CCCCC1. The number of pyridine rings is 1. The quantitative estimate of drug-likeness (QED) is 0.653. The maximum Gasteiger partial charge on any atom is 0.262 e. The third-order valence-electron chi connectivity index (χ3n) is 6.20. The highest BCUT2D eigenvalue weighted by Gasteiger charge is 2.61. The molecule has 1 aliphatic carbocycles. The lowest BCUT2D eigenvalue weighted by molar-refractivity contribution is -0.146. The highest BCUT2D eigenvalue weighted by molar-refractivity contribution is 9.10.